The summed E-state index contributed by atoms with van der Waals surface area (Å²) in [5.41, 5.74) is 0. The molecule has 1 rings (SSSR count). The molecule has 1 aromatic heterocycles. The van der Waals surface area contributed by atoms with E-state index in [1.807, 2.05) is 31.7 Å². The number of nitrogens with one attached hydrogen (secondary N) is 2. The quantitative estimate of drug-likeness (QED) is 0.640. The van der Waals surface area contributed by atoms with Gasteiger partial charge in [-0.15, -0.1) is 0 Å². The van der Waals surface area contributed by atoms with Crippen LogP contribution in [0.25, 0.3) is 0 Å². The fraction of sp³-hybridized carbons (Fsp3) is 0.750. The first-order valence-electron chi connectivity index (χ1n) is 6.57. The second-order valence-corrected chi connectivity index (χ2v) is 6.81. The molecule has 19 heavy (non-hydrogen) atoms. The summed E-state index contributed by atoms with van der Waals surface area (Å²) in [6, 6.07) is 0.388. The lowest BCUT2D eigenvalue weighted by atomic mass is 10.4. The van der Waals surface area contributed by atoms with Crippen LogP contribution in [0.4, 0.5) is 0 Å². The normalized spacial score (nSPS) is 12.2. The fourth-order valence-corrected chi connectivity index (χ4v) is 2.76. The molecular weight excluding hydrogens is 264 g/mol. The molecule has 6 nitrogen and oxygen atoms in total. The highest BCUT2D eigenvalue weighted by molar-refractivity contribution is 7.89. The Balaban J connectivity index is 2.22. The van der Waals surface area contributed by atoms with Crippen LogP contribution in [0.1, 0.15) is 26.1 Å². The summed E-state index contributed by atoms with van der Waals surface area (Å²) >= 11 is 0. The number of hydrogen-bond donors (Lipinski definition) is 2. The minimum Gasteiger partial charge on any atom is -0.338 e. The molecule has 1 aromatic rings. The zero-order valence-electron chi connectivity index (χ0n) is 11.9. The lowest BCUT2D eigenvalue weighted by Crippen LogP contribution is -2.31. The average molecular weight is 288 g/mol. The van der Waals surface area contributed by atoms with E-state index in [0.717, 1.165) is 12.4 Å². The Hall–Kier alpha value is -0.920. The second-order valence-electron chi connectivity index (χ2n) is 4.88. The van der Waals surface area contributed by atoms with Crippen LogP contribution in [0.3, 0.4) is 0 Å². The minimum atomic E-state index is -3.17. The number of nitrogens with zero attached hydrogens (tertiary/aromatic N) is 2. The number of hydrogen-bond acceptors (Lipinski definition) is 4. The van der Waals surface area contributed by atoms with Crippen molar-refractivity contribution in [2.45, 2.75) is 32.7 Å². The Morgan fingerprint density at radius 2 is 2.11 bits per heavy atom. The van der Waals surface area contributed by atoms with Gasteiger partial charge in [0, 0.05) is 38.4 Å². The van der Waals surface area contributed by atoms with Gasteiger partial charge in [0.05, 0.1) is 5.75 Å². The van der Waals surface area contributed by atoms with Gasteiger partial charge >= 0.3 is 0 Å². The Bertz CT molecular complexity index is 468. The van der Waals surface area contributed by atoms with Gasteiger partial charge < -0.3 is 9.88 Å². The number of imidazole rings is 1. The van der Waals surface area contributed by atoms with Crippen molar-refractivity contribution >= 4 is 10.0 Å². The second kappa shape index (κ2) is 7.62. The van der Waals surface area contributed by atoms with E-state index in [1.165, 1.54) is 0 Å². The molecule has 0 radical (unpaired) electrons. The van der Waals surface area contributed by atoms with Crippen LogP contribution in [-0.2, 0) is 23.5 Å². The summed E-state index contributed by atoms with van der Waals surface area (Å²) in [4.78, 5) is 4.15. The zero-order chi connectivity index (χ0) is 14.3. The van der Waals surface area contributed by atoms with Crippen molar-refractivity contribution in [1.29, 1.82) is 0 Å². The van der Waals surface area contributed by atoms with Gasteiger partial charge in [-0.3, -0.25) is 0 Å². The third-order valence-electron chi connectivity index (χ3n) is 2.73. The summed E-state index contributed by atoms with van der Waals surface area (Å²) in [5.74, 6) is 1.04. The summed E-state index contributed by atoms with van der Waals surface area (Å²) in [7, 11) is -1.28. The number of aromatic nitrogens is 2. The molecule has 0 aliphatic carbocycles. The summed E-state index contributed by atoms with van der Waals surface area (Å²) in [5, 5.41) is 3.20. The molecule has 0 amide bonds. The maximum absolute atomic E-state index is 11.7. The van der Waals surface area contributed by atoms with Crippen molar-refractivity contribution < 1.29 is 8.42 Å². The van der Waals surface area contributed by atoms with Crippen molar-refractivity contribution in [3.8, 4) is 0 Å². The highest BCUT2D eigenvalue weighted by atomic mass is 32.2. The Labute approximate surface area is 115 Å². The highest BCUT2D eigenvalue weighted by Gasteiger charge is 2.09. The van der Waals surface area contributed by atoms with E-state index in [9.17, 15) is 8.42 Å². The number of rotatable bonds is 9. The summed E-state index contributed by atoms with van der Waals surface area (Å²) in [6.45, 7) is 5.20. The van der Waals surface area contributed by atoms with E-state index < -0.39 is 10.0 Å². The fourth-order valence-electron chi connectivity index (χ4n) is 1.68. The van der Waals surface area contributed by atoms with Crippen LogP contribution in [0.2, 0.25) is 0 Å². The first-order valence-corrected chi connectivity index (χ1v) is 8.23. The Kier molecular flexibility index (Phi) is 6.47. The molecule has 0 aliphatic heterocycles. The molecular formula is C12H24N4O2S. The lowest BCUT2D eigenvalue weighted by Gasteiger charge is -2.09. The van der Waals surface area contributed by atoms with Crippen LogP contribution in [0.15, 0.2) is 12.4 Å². The molecule has 1 heterocycles. The van der Waals surface area contributed by atoms with Crippen LogP contribution < -0.4 is 10.0 Å². The highest BCUT2D eigenvalue weighted by Crippen LogP contribution is 1.96. The van der Waals surface area contributed by atoms with Crippen LogP contribution in [0, 0.1) is 0 Å². The Morgan fingerprint density at radius 3 is 2.68 bits per heavy atom. The lowest BCUT2D eigenvalue weighted by molar-refractivity contribution is 0.560. The molecule has 0 aromatic carbocycles. The van der Waals surface area contributed by atoms with E-state index in [2.05, 4.69) is 15.0 Å². The van der Waals surface area contributed by atoms with Crippen LogP contribution >= 0.6 is 0 Å². The van der Waals surface area contributed by atoms with Gasteiger partial charge in [0.25, 0.3) is 0 Å². The van der Waals surface area contributed by atoms with Gasteiger partial charge in [0.1, 0.15) is 5.82 Å². The van der Waals surface area contributed by atoms with Gasteiger partial charge in [-0.05, 0) is 13.0 Å². The van der Waals surface area contributed by atoms with Gasteiger partial charge in [0.2, 0.25) is 10.0 Å². The van der Waals surface area contributed by atoms with Crippen molar-refractivity contribution in [2.75, 3.05) is 18.8 Å². The summed E-state index contributed by atoms with van der Waals surface area (Å²) < 4.78 is 27.9. The molecule has 0 bridgehead atoms. The topological polar surface area (TPSA) is 76.0 Å². The molecule has 0 saturated carbocycles. The minimum absolute atomic E-state index is 0.160. The average Bonchev–Trinajstić information content (AvgIpc) is 2.70. The van der Waals surface area contributed by atoms with Crippen LogP contribution in [0.5, 0.6) is 0 Å². The molecule has 110 valence electrons. The third-order valence-corrected chi connectivity index (χ3v) is 4.20. The van der Waals surface area contributed by atoms with Crippen LogP contribution in [-0.4, -0.2) is 42.9 Å². The van der Waals surface area contributed by atoms with Crippen molar-refractivity contribution in [2.24, 2.45) is 7.05 Å². The molecule has 0 unspecified atom stereocenters. The number of sulfonamides is 1. The first kappa shape index (κ1) is 16.1. The maximum atomic E-state index is 11.7. The predicted molar refractivity (Wildman–Crippen MR) is 76.5 cm³/mol. The molecule has 0 aliphatic rings. The van der Waals surface area contributed by atoms with Crippen molar-refractivity contribution in [3.63, 3.8) is 0 Å². The van der Waals surface area contributed by atoms with Gasteiger partial charge in [-0.2, -0.15) is 0 Å². The maximum Gasteiger partial charge on any atom is 0.211 e. The first-order chi connectivity index (χ1) is 8.91. The standard InChI is InChI=1S/C12H24N4O2S/c1-11(2)13-6-4-10-19(17,18)15-7-5-12-14-8-9-16(12)3/h8-9,11,13,15H,4-7,10H2,1-3H3. The zero-order valence-corrected chi connectivity index (χ0v) is 12.7. The van der Waals surface area contributed by atoms with E-state index in [-0.39, 0.29) is 5.75 Å². The predicted octanol–water partition coefficient (Wildman–Crippen LogP) is 0.270. The molecule has 0 atom stereocenters. The number of aryl methyl sites for hydroxylation is 1. The van der Waals surface area contributed by atoms with Gasteiger partial charge in [0.15, 0.2) is 0 Å². The third kappa shape index (κ3) is 6.70. The smallest absolute Gasteiger partial charge is 0.211 e. The van der Waals surface area contributed by atoms with E-state index in [4.69, 9.17) is 0 Å². The monoisotopic (exact) mass is 288 g/mol. The molecule has 0 fully saturated rings. The van der Waals surface area contributed by atoms with E-state index >= 15 is 0 Å². The van der Waals surface area contributed by atoms with E-state index in [1.54, 1.807) is 6.20 Å². The van der Waals surface area contributed by atoms with Gasteiger partial charge in [-0.25, -0.2) is 18.1 Å². The van der Waals surface area contributed by atoms with Crippen molar-refractivity contribution in [1.82, 2.24) is 19.6 Å². The SMILES string of the molecule is CC(C)NCCCS(=O)(=O)NCCc1nccn1C. The molecule has 0 saturated heterocycles. The largest absolute Gasteiger partial charge is 0.338 e. The van der Waals surface area contributed by atoms with Crippen molar-refractivity contribution in [3.05, 3.63) is 18.2 Å². The van der Waals surface area contributed by atoms with E-state index in [0.29, 0.717) is 25.4 Å². The molecule has 0 spiro atoms. The van der Waals surface area contributed by atoms with Gasteiger partial charge in [-0.1, -0.05) is 13.8 Å². The Morgan fingerprint density at radius 1 is 1.37 bits per heavy atom. The molecule has 7 heteroatoms. The summed E-state index contributed by atoms with van der Waals surface area (Å²) in [6.07, 6.45) is 4.78. The molecule has 2 N–H and O–H groups in total.